The fraction of sp³-hybridized carbons (Fsp3) is 0.373. The van der Waals surface area contributed by atoms with E-state index in [2.05, 4.69) is 103 Å². The predicted molar refractivity (Wildman–Crippen MR) is 238 cm³/mol. The van der Waals surface area contributed by atoms with Crippen molar-refractivity contribution in [3.8, 4) is 12.1 Å². The maximum Gasteiger partial charge on any atom is 0.195 e. The largest absolute Gasteiger partial charge is 0.371 e. The SMILES string of the molecule is CCc1cc2c(cc1N1CCC(N3CCN(c4cc5c(cc4CC)C(=O)c4c([nH]c6cc(C#N)ccc46)C5(C)C)CC3)CC1)C(C)(C)c1[nH]c3cc(C#N)ccc3c1C2=O. The topological polar surface area (TPSA) is 123 Å². The second-order valence-electron chi connectivity index (χ2n) is 18.4. The van der Waals surface area contributed by atoms with Crippen LogP contribution in [0.15, 0.2) is 60.7 Å². The zero-order chi connectivity index (χ0) is 41.8. The molecule has 2 fully saturated rings. The molecule has 2 N–H and O–H groups in total. The molecule has 6 aromatic rings. The average Bonchev–Trinajstić information content (AvgIpc) is 3.87. The van der Waals surface area contributed by atoms with E-state index in [0.717, 1.165) is 132 Å². The number of anilines is 2. The third-order valence-electron chi connectivity index (χ3n) is 14.6. The van der Waals surface area contributed by atoms with Gasteiger partial charge < -0.3 is 19.8 Å². The van der Waals surface area contributed by atoms with E-state index in [1.165, 1.54) is 22.5 Å². The van der Waals surface area contributed by atoms with Gasteiger partial charge in [-0.1, -0.05) is 53.7 Å². The van der Waals surface area contributed by atoms with Crippen molar-refractivity contribution >= 4 is 44.7 Å². The first-order valence-corrected chi connectivity index (χ1v) is 21.7. The Kier molecular flexibility index (Phi) is 8.69. The number of H-pyrrole nitrogens is 2. The van der Waals surface area contributed by atoms with Gasteiger partial charge in [-0.05, 0) is 96.5 Å². The molecule has 302 valence electrons. The van der Waals surface area contributed by atoms with Crippen LogP contribution in [0, 0.1) is 22.7 Å². The van der Waals surface area contributed by atoms with E-state index in [9.17, 15) is 20.1 Å². The minimum Gasteiger partial charge on any atom is -0.371 e. The number of benzene rings is 4. The van der Waals surface area contributed by atoms with Crippen molar-refractivity contribution < 1.29 is 9.59 Å². The molecule has 9 heteroatoms. The summed E-state index contributed by atoms with van der Waals surface area (Å²) in [6.45, 7) is 19.0. The van der Waals surface area contributed by atoms with Crippen LogP contribution in [0.4, 0.5) is 11.4 Å². The lowest BCUT2D eigenvalue weighted by atomic mass is 9.70. The van der Waals surface area contributed by atoms with E-state index in [1.54, 1.807) is 12.1 Å². The Balaban J connectivity index is 0.855. The highest BCUT2D eigenvalue weighted by molar-refractivity contribution is 6.21. The van der Waals surface area contributed by atoms with Crippen LogP contribution in [0.5, 0.6) is 0 Å². The smallest absolute Gasteiger partial charge is 0.195 e. The van der Waals surface area contributed by atoms with Crippen molar-refractivity contribution in [3.05, 3.63) is 128 Å². The van der Waals surface area contributed by atoms with Crippen LogP contribution in [0.1, 0.15) is 131 Å². The number of piperidine rings is 1. The van der Waals surface area contributed by atoms with Crippen LogP contribution >= 0.6 is 0 Å². The molecule has 60 heavy (non-hydrogen) atoms. The molecule has 0 unspecified atom stereocenters. The Morgan fingerprint density at radius 2 is 1.05 bits per heavy atom. The molecule has 0 bridgehead atoms. The van der Waals surface area contributed by atoms with Gasteiger partial charge in [-0.2, -0.15) is 10.5 Å². The second kappa shape index (κ2) is 13.7. The summed E-state index contributed by atoms with van der Waals surface area (Å²) in [6.07, 6.45) is 3.88. The van der Waals surface area contributed by atoms with Gasteiger partial charge in [0.1, 0.15) is 0 Å². The number of hydrogen-bond acceptors (Lipinski definition) is 7. The highest BCUT2D eigenvalue weighted by Gasteiger charge is 2.43. The monoisotopic (exact) mass is 793 g/mol. The first kappa shape index (κ1) is 38.1. The van der Waals surface area contributed by atoms with Crippen molar-refractivity contribution in [2.45, 2.75) is 84.1 Å². The molecular formula is C51H51N7O2. The molecule has 10 rings (SSSR count). The number of aromatic nitrogens is 2. The number of piperazine rings is 1. The third-order valence-corrected chi connectivity index (χ3v) is 14.6. The Morgan fingerprint density at radius 1 is 0.617 bits per heavy atom. The van der Waals surface area contributed by atoms with Crippen molar-refractivity contribution in [1.29, 1.82) is 10.5 Å². The highest BCUT2D eigenvalue weighted by atomic mass is 16.1. The van der Waals surface area contributed by atoms with Crippen LogP contribution < -0.4 is 9.80 Å². The average molecular weight is 794 g/mol. The summed E-state index contributed by atoms with van der Waals surface area (Å²) in [7, 11) is 0. The Bertz CT molecular complexity index is 2700. The summed E-state index contributed by atoms with van der Waals surface area (Å²) >= 11 is 0. The molecule has 4 heterocycles. The molecule has 0 radical (unpaired) electrons. The van der Waals surface area contributed by atoms with Crippen LogP contribution in [-0.2, 0) is 23.7 Å². The fourth-order valence-corrected chi connectivity index (χ4v) is 11.1. The zero-order valence-electron chi connectivity index (χ0n) is 35.5. The highest BCUT2D eigenvalue weighted by Crippen LogP contribution is 2.48. The third kappa shape index (κ3) is 5.52. The minimum absolute atomic E-state index is 0.0607. The van der Waals surface area contributed by atoms with Crippen LogP contribution in [-0.4, -0.2) is 71.7 Å². The number of nitriles is 2. The number of carbonyl (C=O) groups excluding carboxylic acids is 2. The van der Waals surface area contributed by atoms with E-state index in [-0.39, 0.29) is 11.6 Å². The number of carbonyl (C=O) groups is 2. The van der Waals surface area contributed by atoms with Crippen molar-refractivity contribution in [2.75, 3.05) is 49.1 Å². The fourth-order valence-electron chi connectivity index (χ4n) is 11.1. The molecule has 0 atom stereocenters. The lowest BCUT2D eigenvalue weighted by molar-refractivity contribution is 0.102. The minimum atomic E-state index is -0.412. The van der Waals surface area contributed by atoms with E-state index in [4.69, 9.17) is 0 Å². The molecule has 0 amide bonds. The van der Waals surface area contributed by atoms with E-state index >= 15 is 0 Å². The Labute approximate surface area is 351 Å². The normalized spacial score (nSPS) is 18.5. The molecule has 4 aliphatic rings. The molecule has 2 aliphatic carbocycles. The van der Waals surface area contributed by atoms with Gasteiger partial charge in [0, 0.05) is 112 Å². The molecule has 0 spiro atoms. The molecule has 9 nitrogen and oxygen atoms in total. The number of ketones is 2. The molecule has 0 saturated carbocycles. The van der Waals surface area contributed by atoms with Gasteiger partial charge in [0.2, 0.25) is 0 Å². The van der Waals surface area contributed by atoms with Gasteiger partial charge in [0.15, 0.2) is 11.6 Å². The van der Waals surface area contributed by atoms with Crippen molar-refractivity contribution in [1.82, 2.24) is 14.9 Å². The Hall–Kier alpha value is -6.16. The summed E-state index contributed by atoms with van der Waals surface area (Å²) in [5.41, 5.74) is 14.0. The summed E-state index contributed by atoms with van der Waals surface area (Å²) < 4.78 is 0. The summed E-state index contributed by atoms with van der Waals surface area (Å²) in [5, 5.41) is 20.8. The lowest BCUT2D eigenvalue weighted by Gasteiger charge is -2.45. The molecule has 2 aliphatic heterocycles. The van der Waals surface area contributed by atoms with Gasteiger partial charge in [-0.15, -0.1) is 0 Å². The zero-order valence-corrected chi connectivity index (χ0v) is 35.5. The van der Waals surface area contributed by atoms with Crippen LogP contribution in [0.25, 0.3) is 21.8 Å². The van der Waals surface area contributed by atoms with Crippen molar-refractivity contribution in [3.63, 3.8) is 0 Å². The summed E-state index contributed by atoms with van der Waals surface area (Å²) in [4.78, 5) is 43.3. The molecule has 4 aromatic carbocycles. The predicted octanol–water partition coefficient (Wildman–Crippen LogP) is 9.05. The number of aromatic amines is 2. The summed E-state index contributed by atoms with van der Waals surface area (Å²) in [6, 6.07) is 25.0. The van der Waals surface area contributed by atoms with Gasteiger partial charge in [0.25, 0.3) is 0 Å². The van der Waals surface area contributed by atoms with E-state index in [1.807, 2.05) is 24.3 Å². The standard InChI is InChI=1S/C51H51N7O2/c1-7-31-23-36-38(50(3,4)48-44(46(36)59)34-11-9-29(27-52)21-40(34)54-48)25-42(31)57-15-13-33(14-16-57)56-17-19-58(20-18-56)43-26-39-37(24-32(43)8-2)47(60)45-35-12-10-30(28-53)22-41(35)55-49(45)51(39,5)6/h9-12,21-26,33,54-55H,7-8,13-20H2,1-6H3. The van der Waals surface area contributed by atoms with Crippen LogP contribution in [0.2, 0.25) is 0 Å². The number of nitrogens with zero attached hydrogens (tertiary/aromatic N) is 5. The summed E-state index contributed by atoms with van der Waals surface area (Å²) in [5.74, 6) is 0.123. The maximum atomic E-state index is 14.2. The molecule has 2 aromatic heterocycles. The van der Waals surface area contributed by atoms with Gasteiger partial charge >= 0.3 is 0 Å². The number of nitrogens with one attached hydrogen (secondary N) is 2. The number of rotatable bonds is 5. The van der Waals surface area contributed by atoms with E-state index in [0.29, 0.717) is 17.2 Å². The first-order chi connectivity index (χ1) is 28.9. The maximum absolute atomic E-state index is 14.2. The lowest BCUT2D eigenvalue weighted by Crippen LogP contribution is -2.53. The molecular weight excluding hydrogens is 743 g/mol. The quantitative estimate of drug-likeness (QED) is 0.179. The Morgan fingerprint density at radius 3 is 1.47 bits per heavy atom. The molecule has 2 saturated heterocycles. The van der Waals surface area contributed by atoms with Gasteiger partial charge in [0.05, 0.1) is 34.4 Å². The second-order valence-corrected chi connectivity index (χ2v) is 18.4. The van der Waals surface area contributed by atoms with Crippen molar-refractivity contribution in [2.24, 2.45) is 0 Å². The number of aryl methyl sites for hydroxylation is 2. The number of hydrogen-bond donors (Lipinski definition) is 2. The van der Waals surface area contributed by atoms with E-state index < -0.39 is 10.8 Å². The number of fused-ring (bicyclic) bond motifs is 8. The van der Waals surface area contributed by atoms with Crippen LogP contribution in [0.3, 0.4) is 0 Å². The van der Waals surface area contributed by atoms with Gasteiger partial charge in [-0.25, -0.2) is 0 Å². The van der Waals surface area contributed by atoms with Gasteiger partial charge in [-0.3, -0.25) is 14.5 Å². The first-order valence-electron chi connectivity index (χ1n) is 21.7.